The maximum atomic E-state index is 11.0. The molecule has 4 rings (SSSR count). The molecule has 0 aromatic carbocycles. The van der Waals surface area contributed by atoms with Gasteiger partial charge in [0.2, 0.25) is 0 Å². The zero-order valence-electron chi connectivity index (χ0n) is 23.8. The van der Waals surface area contributed by atoms with Crippen molar-refractivity contribution in [1.82, 2.24) is 19.6 Å². The smallest absolute Gasteiger partial charge is 0.330 e. The maximum Gasteiger partial charge on any atom is 0.330 e. The van der Waals surface area contributed by atoms with Gasteiger partial charge in [0, 0.05) is 12.2 Å². The second-order valence-electron chi connectivity index (χ2n) is 9.81. The third kappa shape index (κ3) is 13.7. The Bertz CT molecular complexity index is 1060. The van der Waals surface area contributed by atoms with Crippen LogP contribution in [0.3, 0.4) is 0 Å². The number of aliphatic carboxylic acids is 1. The van der Waals surface area contributed by atoms with Gasteiger partial charge in [0.25, 0.3) is 0 Å². The number of rotatable bonds is 10. The second kappa shape index (κ2) is 17.1. The van der Waals surface area contributed by atoms with Gasteiger partial charge in [-0.3, -0.25) is 19.6 Å². The minimum Gasteiger partial charge on any atom is -0.478 e. The molecule has 0 aromatic rings. The van der Waals surface area contributed by atoms with Crippen LogP contribution >= 0.6 is 0 Å². The van der Waals surface area contributed by atoms with Gasteiger partial charge >= 0.3 is 11.9 Å². The summed E-state index contributed by atoms with van der Waals surface area (Å²) in [6.07, 6.45) is 25.2. The molecule has 4 aliphatic rings. The van der Waals surface area contributed by atoms with E-state index in [9.17, 15) is 9.59 Å². The number of carbonyl (C=O) groups is 2. The zero-order valence-corrected chi connectivity index (χ0v) is 23.8. The summed E-state index contributed by atoms with van der Waals surface area (Å²) in [4.78, 5) is 31.3. The van der Waals surface area contributed by atoms with Crippen LogP contribution in [0.4, 0.5) is 0 Å². The Morgan fingerprint density at radius 2 is 0.872 bits per heavy atom. The van der Waals surface area contributed by atoms with E-state index in [1.54, 1.807) is 12.2 Å². The minimum absolute atomic E-state index is 0.373. The second-order valence-corrected chi connectivity index (χ2v) is 9.81. The van der Waals surface area contributed by atoms with Crippen molar-refractivity contribution in [2.24, 2.45) is 0 Å². The number of methoxy groups -OCH3 is 1. The molecule has 0 amide bonds. The van der Waals surface area contributed by atoms with E-state index in [1.807, 2.05) is 88.5 Å². The highest BCUT2D eigenvalue weighted by atomic mass is 16.5. The molecule has 8 nitrogen and oxygen atoms in total. The van der Waals surface area contributed by atoms with Crippen LogP contribution in [0.2, 0.25) is 0 Å². The van der Waals surface area contributed by atoms with Gasteiger partial charge in [-0.05, 0) is 27.7 Å². The van der Waals surface area contributed by atoms with Crippen molar-refractivity contribution in [3.05, 3.63) is 107 Å². The van der Waals surface area contributed by atoms with E-state index in [0.29, 0.717) is 0 Å². The predicted octanol–water partition coefficient (Wildman–Crippen LogP) is 4.79. The average molecular weight is 535 g/mol. The summed E-state index contributed by atoms with van der Waals surface area (Å²) in [5.41, 5.74) is 3.98. The van der Waals surface area contributed by atoms with Crippen molar-refractivity contribution in [3.63, 3.8) is 0 Å². The SMILES string of the molecule is C1N2CN3CN1CN(C2)C3.COC(=O)/C=C/C(C)=C/C=C/C(C)=C/C=C/C=C(C)/C=C/C=C(C)/C=C/C(=O)O. The van der Waals surface area contributed by atoms with Gasteiger partial charge < -0.3 is 9.84 Å². The molecule has 4 heterocycles. The Morgan fingerprint density at radius 3 is 1.23 bits per heavy atom. The van der Waals surface area contributed by atoms with Crippen molar-refractivity contribution < 1.29 is 19.4 Å². The van der Waals surface area contributed by atoms with Gasteiger partial charge in [0.05, 0.1) is 47.1 Å². The summed E-state index contributed by atoms with van der Waals surface area (Å²) < 4.78 is 4.54. The molecule has 0 saturated carbocycles. The van der Waals surface area contributed by atoms with Gasteiger partial charge in [0.15, 0.2) is 0 Å². The van der Waals surface area contributed by atoms with Crippen LogP contribution in [0.1, 0.15) is 27.7 Å². The fourth-order valence-electron chi connectivity index (χ4n) is 4.04. The number of esters is 1. The van der Waals surface area contributed by atoms with E-state index in [4.69, 9.17) is 5.11 Å². The van der Waals surface area contributed by atoms with E-state index in [2.05, 4.69) is 24.3 Å². The van der Waals surface area contributed by atoms with Gasteiger partial charge in [0.1, 0.15) is 0 Å². The summed E-state index contributed by atoms with van der Waals surface area (Å²) in [6.45, 7) is 14.9. The molecule has 0 spiro atoms. The topological polar surface area (TPSA) is 76.6 Å². The van der Waals surface area contributed by atoms with Crippen LogP contribution in [0.15, 0.2) is 107 Å². The Morgan fingerprint density at radius 1 is 0.538 bits per heavy atom. The first-order valence-electron chi connectivity index (χ1n) is 12.9. The lowest BCUT2D eigenvalue weighted by atomic mass is 10.2. The van der Waals surface area contributed by atoms with Gasteiger partial charge in [-0.1, -0.05) is 95.2 Å². The molecule has 4 fully saturated rings. The minimum atomic E-state index is -0.956. The highest BCUT2D eigenvalue weighted by molar-refractivity contribution is 5.82. The van der Waals surface area contributed by atoms with Crippen molar-refractivity contribution in [2.75, 3.05) is 47.1 Å². The third-order valence-electron chi connectivity index (χ3n) is 5.84. The molecule has 8 heteroatoms. The number of hydrogen-bond acceptors (Lipinski definition) is 7. The van der Waals surface area contributed by atoms with Gasteiger partial charge in [-0.15, -0.1) is 0 Å². The fourth-order valence-corrected chi connectivity index (χ4v) is 4.04. The monoisotopic (exact) mass is 534 g/mol. The fraction of sp³-hybridized carbons (Fsp3) is 0.355. The van der Waals surface area contributed by atoms with E-state index in [0.717, 1.165) is 28.4 Å². The van der Waals surface area contributed by atoms with Crippen molar-refractivity contribution in [2.45, 2.75) is 27.7 Å². The van der Waals surface area contributed by atoms with E-state index >= 15 is 0 Å². The largest absolute Gasteiger partial charge is 0.478 e. The molecular formula is C31H42N4O4. The van der Waals surface area contributed by atoms with Crippen molar-refractivity contribution >= 4 is 11.9 Å². The number of carbonyl (C=O) groups excluding carboxylic acids is 1. The third-order valence-corrected chi connectivity index (χ3v) is 5.84. The van der Waals surface area contributed by atoms with Crippen LogP contribution in [0, 0.1) is 0 Å². The highest BCUT2D eigenvalue weighted by Gasteiger charge is 2.36. The molecule has 1 N–H and O–H groups in total. The first-order valence-corrected chi connectivity index (χ1v) is 12.9. The molecule has 4 bridgehead atoms. The zero-order chi connectivity index (χ0) is 28.6. The lowest BCUT2D eigenvalue weighted by Crippen LogP contribution is -2.71. The van der Waals surface area contributed by atoms with E-state index in [1.165, 1.54) is 53.2 Å². The summed E-state index contributed by atoms with van der Waals surface area (Å²) in [5, 5.41) is 8.58. The molecule has 0 radical (unpaired) electrons. The van der Waals surface area contributed by atoms with Crippen LogP contribution < -0.4 is 0 Å². The number of carboxylic acids is 1. The highest BCUT2D eigenvalue weighted by Crippen LogP contribution is 2.20. The number of allylic oxidation sites excluding steroid dienone is 16. The van der Waals surface area contributed by atoms with Crippen LogP contribution in [-0.2, 0) is 14.3 Å². The summed E-state index contributed by atoms with van der Waals surface area (Å²) in [7, 11) is 1.35. The van der Waals surface area contributed by atoms with Crippen molar-refractivity contribution in [1.29, 1.82) is 0 Å². The first-order chi connectivity index (χ1) is 18.6. The normalized spacial score (nSPS) is 25.9. The predicted molar refractivity (Wildman–Crippen MR) is 157 cm³/mol. The summed E-state index contributed by atoms with van der Waals surface area (Å²) in [5.74, 6) is -1.33. The summed E-state index contributed by atoms with van der Waals surface area (Å²) in [6, 6.07) is 0. The number of ether oxygens (including phenoxy) is 1. The maximum absolute atomic E-state index is 11.0. The van der Waals surface area contributed by atoms with Gasteiger partial charge in [-0.2, -0.15) is 0 Å². The van der Waals surface area contributed by atoms with Crippen LogP contribution in [0.25, 0.3) is 0 Å². The van der Waals surface area contributed by atoms with E-state index in [-0.39, 0.29) is 5.97 Å². The number of nitrogens with zero attached hydrogens (tertiary/aromatic N) is 4. The lowest BCUT2D eigenvalue weighted by Gasteiger charge is -2.56. The molecule has 4 aliphatic heterocycles. The molecule has 0 atom stereocenters. The van der Waals surface area contributed by atoms with Crippen LogP contribution in [-0.4, -0.2) is 83.8 Å². The Hall–Kier alpha value is -3.56. The number of carboxylic acid groups (broad SMARTS) is 1. The molecule has 0 unspecified atom stereocenters. The lowest BCUT2D eigenvalue weighted by molar-refractivity contribution is -0.194. The van der Waals surface area contributed by atoms with Gasteiger partial charge in [-0.25, -0.2) is 9.59 Å². The molecular weight excluding hydrogens is 492 g/mol. The Balaban J connectivity index is 0.000000429. The van der Waals surface area contributed by atoms with Crippen LogP contribution in [0.5, 0.6) is 0 Å². The molecule has 0 aliphatic carbocycles. The molecule has 39 heavy (non-hydrogen) atoms. The number of hydrogen-bond donors (Lipinski definition) is 1. The molecule has 210 valence electrons. The molecule has 4 saturated heterocycles. The Labute approximate surface area is 233 Å². The first kappa shape index (κ1) is 31.7. The molecule has 0 aromatic heterocycles. The quantitative estimate of drug-likeness (QED) is 0.244. The Kier molecular flexibility index (Phi) is 13.9. The average Bonchev–Trinajstić information content (AvgIpc) is 2.88. The van der Waals surface area contributed by atoms with Crippen molar-refractivity contribution in [3.8, 4) is 0 Å². The van der Waals surface area contributed by atoms with E-state index < -0.39 is 5.97 Å². The standard InChI is InChI=1S/C25H30O4.C6H12N4/c1-20(12-8-14-22(3)16-18-24(26)27)10-6-7-11-21(2)13-9-15-23(4)17-19-25(28)29-5;1-7-2-9-4-8(1)5-10(3-7)6-9/h6-19H,1-5H3,(H,26,27);1-6H2/b7-6+,12-8+,13-9+,18-16+,19-17+,20-10+,21-11+,22-14+,23-15+;. The summed E-state index contributed by atoms with van der Waals surface area (Å²) >= 11 is 0.